The second kappa shape index (κ2) is 6.18. The minimum atomic E-state index is 0.0109. The molecule has 0 radical (unpaired) electrons. The molecule has 1 amide bonds. The van der Waals surface area contributed by atoms with Gasteiger partial charge in [0.25, 0.3) is 5.91 Å². The molecule has 0 spiro atoms. The van der Waals surface area contributed by atoms with Crippen molar-refractivity contribution in [1.29, 1.82) is 0 Å². The lowest BCUT2D eigenvalue weighted by Gasteiger charge is -2.30. The number of fused-ring (bicyclic) bond motifs is 3. The van der Waals surface area contributed by atoms with Gasteiger partial charge in [-0.3, -0.25) is 9.20 Å². The van der Waals surface area contributed by atoms with Gasteiger partial charge >= 0.3 is 0 Å². The predicted molar refractivity (Wildman–Crippen MR) is 95.5 cm³/mol. The monoisotopic (exact) mass is 343 g/mol. The number of rotatable bonds is 3. The molecule has 0 unspecified atom stereocenters. The van der Waals surface area contributed by atoms with Crippen LogP contribution in [0.2, 0.25) is 0 Å². The molecule has 3 aromatic rings. The standard InChI is InChI=1S/C18H21N3O2S/c1-20(13-5-3-2-4-6-13)17(23)16-10-21-15-8-7-12(11-22)9-14(15)19-18(21)24-16/h7-10,13,22H,2-6,11H2,1H3. The Labute approximate surface area is 144 Å². The van der Waals surface area contributed by atoms with Crippen LogP contribution in [-0.4, -0.2) is 38.4 Å². The number of carbonyl (C=O) groups excluding carboxylic acids is 1. The average molecular weight is 343 g/mol. The van der Waals surface area contributed by atoms with Gasteiger partial charge in [0, 0.05) is 19.3 Å². The number of carbonyl (C=O) groups is 1. The zero-order chi connectivity index (χ0) is 16.7. The maximum atomic E-state index is 12.8. The first-order valence-electron chi connectivity index (χ1n) is 8.46. The van der Waals surface area contributed by atoms with Gasteiger partial charge < -0.3 is 10.0 Å². The lowest BCUT2D eigenvalue weighted by Crippen LogP contribution is -2.37. The van der Waals surface area contributed by atoms with Crippen LogP contribution in [0.3, 0.4) is 0 Å². The number of hydrogen-bond donors (Lipinski definition) is 1. The van der Waals surface area contributed by atoms with Crippen LogP contribution in [0, 0.1) is 0 Å². The van der Waals surface area contributed by atoms with E-state index >= 15 is 0 Å². The molecule has 1 aliphatic rings. The number of benzene rings is 1. The van der Waals surface area contributed by atoms with Gasteiger partial charge in [0.05, 0.1) is 17.6 Å². The molecule has 2 heterocycles. The summed E-state index contributed by atoms with van der Waals surface area (Å²) in [5.74, 6) is 0.0949. The van der Waals surface area contributed by atoms with Crippen LogP contribution in [0.25, 0.3) is 16.0 Å². The molecule has 5 nitrogen and oxygen atoms in total. The van der Waals surface area contributed by atoms with E-state index in [1.807, 2.05) is 40.7 Å². The van der Waals surface area contributed by atoms with Crippen molar-refractivity contribution in [3.05, 3.63) is 34.8 Å². The highest BCUT2D eigenvalue weighted by Crippen LogP contribution is 2.28. The number of hydrogen-bond acceptors (Lipinski definition) is 4. The van der Waals surface area contributed by atoms with Gasteiger partial charge in [-0.25, -0.2) is 4.98 Å². The topological polar surface area (TPSA) is 57.8 Å². The van der Waals surface area contributed by atoms with Crippen molar-refractivity contribution in [2.45, 2.75) is 44.8 Å². The van der Waals surface area contributed by atoms with Gasteiger partial charge in [0.15, 0.2) is 4.96 Å². The third-order valence-corrected chi connectivity index (χ3v) is 5.98. The normalized spacial score (nSPS) is 16.1. The van der Waals surface area contributed by atoms with Crippen LogP contribution < -0.4 is 0 Å². The molecule has 0 saturated heterocycles. The molecule has 1 aromatic carbocycles. The molecule has 1 aliphatic carbocycles. The molecular weight excluding hydrogens is 322 g/mol. The average Bonchev–Trinajstić information content (AvgIpc) is 3.18. The Bertz CT molecular complexity index is 892. The van der Waals surface area contributed by atoms with Crippen molar-refractivity contribution < 1.29 is 9.90 Å². The summed E-state index contributed by atoms with van der Waals surface area (Å²) in [6, 6.07) is 6.10. The number of imidazole rings is 1. The van der Waals surface area contributed by atoms with E-state index in [-0.39, 0.29) is 12.5 Å². The molecule has 4 rings (SSSR count). The third kappa shape index (κ3) is 2.59. The Balaban J connectivity index is 1.66. The molecule has 1 saturated carbocycles. The van der Waals surface area contributed by atoms with Crippen LogP contribution in [0.5, 0.6) is 0 Å². The Morgan fingerprint density at radius 3 is 2.92 bits per heavy atom. The van der Waals surface area contributed by atoms with Crippen molar-refractivity contribution in [2.24, 2.45) is 0 Å². The molecule has 6 heteroatoms. The number of aliphatic hydroxyl groups excluding tert-OH is 1. The Kier molecular flexibility index (Phi) is 4.02. The minimum Gasteiger partial charge on any atom is -0.392 e. The highest BCUT2D eigenvalue weighted by atomic mass is 32.1. The van der Waals surface area contributed by atoms with Gasteiger partial charge in [-0.2, -0.15) is 0 Å². The van der Waals surface area contributed by atoms with E-state index in [0.29, 0.717) is 6.04 Å². The van der Waals surface area contributed by atoms with Gasteiger partial charge in [0.1, 0.15) is 4.88 Å². The maximum absolute atomic E-state index is 12.8. The first kappa shape index (κ1) is 15.6. The number of aliphatic hydroxyl groups is 1. The minimum absolute atomic E-state index is 0.0109. The summed E-state index contributed by atoms with van der Waals surface area (Å²) < 4.78 is 1.98. The quantitative estimate of drug-likeness (QED) is 0.792. The highest BCUT2D eigenvalue weighted by molar-refractivity contribution is 7.18. The Morgan fingerprint density at radius 1 is 1.38 bits per heavy atom. The van der Waals surface area contributed by atoms with E-state index in [0.717, 1.165) is 39.3 Å². The summed E-state index contributed by atoms with van der Waals surface area (Å²) in [6.45, 7) is 0.0109. The Hall–Kier alpha value is -1.92. The fourth-order valence-electron chi connectivity index (χ4n) is 3.57. The van der Waals surface area contributed by atoms with Crippen molar-refractivity contribution in [2.75, 3.05) is 7.05 Å². The number of thiazole rings is 1. The molecule has 1 fully saturated rings. The molecule has 1 N–H and O–H groups in total. The third-order valence-electron chi connectivity index (χ3n) is 5.01. The van der Waals surface area contributed by atoms with Crippen molar-refractivity contribution in [3.8, 4) is 0 Å². The van der Waals surface area contributed by atoms with Gasteiger partial charge in [0.2, 0.25) is 0 Å². The lowest BCUT2D eigenvalue weighted by molar-refractivity contribution is 0.0701. The van der Waals surface area contributed by atoms with E-state index in [2.05, 4.69) is 4.98 Å². The van der Waals surface area contributed by atoms with E-state index < -0.39 is 0 Å². The molecule has 0 bridgehead atoms. The summed E-state index contributed by atoms with van der Waals surface area (Å²) in [7, 11) is 1.92. The first-order valence-corrected chi connectivity index (χ1v) is 9.27. The van der Waals surface area contributed by atoms with Gasteiger partial charge in [-0.1, -0.05) is 36.7 Å². The van der Waals surface area contributed by atoms with Crippen LogP contribution in [0.4, 0.5) is 0 Å². The SMILES string of the molecule is CN(C(=O)c1cn2c(nc3cc(CO)ccc32)s1)C1CCCCC1. The Morgan fingerprint density at radius 2 is 2.17 bits per heavy atom. The summed E-state index contributed by atoms with van der Waals surface area (Å²) >= 11 is 1.44. The molecule has 0 aliphatic heterocycles. The maximum Gasteiger partial charge on any atom is 0.265 e. The van der Waals surface area contributed by atoms with Crippen LogP contribution in [0.1, 0.15) is 47.3 Å². The fraction of sp³-hybridized carbons (Fsp3) is 0.444. The smallest absolute Gasteiger partial charge is 0.265 e. The van der Waals surface area contributed by atoms with Crippen molar-refractivity contribution in [3.63, 3.8) is 0 Å². The first-order chi connectivity index (χ1) is 11.7. The van der Waals surface area contributed by atoms with Crippen LogP contribution >= 0.6 is 11.3 Å². The number of nitrogens with zero attached hydrogens (tertiary/aromatic N) is 3. The highest BCUT2D eigenvalue weighted by Gasteiger charge is 2.25. The zero-order valence-electron chi connectivity index (χ0n) is 13.7. The van der Waals surface area contributed by atoms with E-state index in [1.54, 1.807) is 0 Å². The van der Waals surface area contributed by atoms with E-state index in [9.17, 15) is 9.90 Å². The summed E-state index contributed by atoms with van der Waals surface area (Å²) in [5, 5.41) is 9.24. The summed E-state index contributed by atoms with van der Waals surface area (Å²) in [6.07, 6.45) is 7.83. The lowest BCUT2D eigenvalue weighted by atomic mass is 9.94. The fourth-order valence-corrected chi connectivity index (χ4v) is 4.55. The van der Waals surface area contributed by atoms with Crippen molar-refractivity contribution >= 4 is 33.2 Å². The van der Waals surface area contributed by atoms with Gasteiger partial charge in [-0.05, 0) is 30.5 Å². The van der Waals surface area contributed by atoms with Crippen LogP contribution in [-0.2, 0) is 6.61 Å². The second-order valence-corrected chi connectivity index (χ2v) is 7.56. The van der Waals surface area contributed by atoms with Gasteiger partial charge in [-0.15, -0.1) is 0 Å². The number of amides is 1. The predicted octanol–water partition coefficient (Wildman–Crippen LogP) is 3.45. The molecule has 2 aromatic heterocycles. The van der Waals surface area contributed by atoms with Crippen molar-refractivity contribution in [1.82, 2.24) is 14.3 Å². The molecule has 24 heavy (non-hydrogen) atoms. The largest absolute Gasteiger partial charge is 0.392 e. The second-order valence-electron chi connectivity index (χ2n) is 6.55. The molecule has 126 valence electrons. The van der Waals surface area contributed by atoms with E-state index in [1.165, 1.54) is 30.6 Å². The summed E-state index contributed by atoms with van der Waals surface area (Å²) in [4.78, 5) is 20.9. The molecule has 0 atom stereocenters. The van der Waals surface area contributed by atoms with Crippen LogP contribution in [0.15, 0.2) is 24.4 Å². The number of aromatic nitrogens is 2. The van der Waals surface area contributed by atoms with E-state index in [4.69, 9.17) is 0 Å². The zero-order valence-corrected chi connectivity index (χ0v) is 14.6. The summed E-state index contributed by atoms with van der Waals surface area (Å²) in [5.41, 5.74) is 2.67. The molecular formula is C18H21N3O2S.